The SMILES string of the molecule is Cc1ncsc1CN(C)C(=O)c1nn[nH]n1. The number of tetrazole rings is 1. The van der Waals surface area contributed by atoms with E-state index in [1.165, 1.54) is 16.2 Å². The van der Waals surface area contributed by atoms with Crippen LogP contribution in [0.1, 0.15) is 21.2 Å². The Labute approximate surface area is 95.5 Å². The molecule has 2 rings (SSSR count). The van der Waals surface area contributed by atoms with Crippen molar-refractivity contribution in [3.63, 3.8) is 0 Å². The van der Waals surface area contributed by atoms with Crippen LogP contribution in [0.4, 0.5) is 0 Å². The second-order valence-corrected chi connectivity index (χ2v) is 4.20. The van der Waals surface area contributed by atoms with Crippen molar-refractivity contribution in [2.45, 2.75) is 13.5 Å². The summed E-state index contributed by atoms with van der Waals surface area (Å²) in [6.45, 7) is 2.42. The van der Waals surface area contributed by atoms with E-state index in [0.717, 1.165) is 10.6 Å². The Hall–Kier alpha value is -1.83. The standard InChI is InChI=1S/C8H10N6OS/c1-5-6(16-4-9-5)3-14(2)8(15)7-10-12-13-11-7/h4H,3H2,1-2H3,(H,10,11,12,13). The number of carbonyl (C=O) groups excluding carboxylic acids is 1. The molecule has 16 heavy (non-hydrogen) atoms. The van der Waals surface area contributed by atoms with Gasteiger partial charge in [0.15, 0.2) is 0 Å². The van der Waals surface area contributed by atoms with Gasteiger partial charge < -0.3 is 4.90 Å². The van der Waals surface area contributed by atoms with Gasteiger partial charge in [0.2, 0.25) is 0 Å². The third-order valence-electron chi connectivity index (χ3n) is 2.11. The number of nitrogens with one attached hydrogen (secondary N) is 1. The number of nitrogens with zero attached hydrogens (tertiary/aromatic N) is 5. The smallest absolute Gasteiger partial charge is 0.295 e. The van der Waals surface area contributed by atoms with Crippen molar-refractivity contribution in [3.8, 4) is 0 Å². The largest absolute Gasteiger partial charge is 0.334 e. The molecule has 2 aromatic heterocycles. The Morgan fingerprint density at radius 1 is 1.62 bits per heavy atom. The first-order valence-corrected chi connectivity index (χ1v) is 5.44. The van der Waals surface area contributed by atoms with E-state index in [9.17, 15) is 4.79 Å². The molecule has 0 radical (unpaired) electrons. The van der Waals surface area contributed by atoms with Crippen LogP contribution < -0.4 is 0 Å². The van der Waals surface area contributed by atoms with Gasteiger partial charge in [-0.3, -0.25) is 4.79 Å². The number of thiazole rings is 1. The molecule has 0 bridgehead atoms. The van der Waals surface area contributed by atoms with Crippen molar-refractivity contribution in [2.24, 2.45) is 0 Å². The molecule has 0 fully saturated rings. The number of carbonyl (C=O) groups is 1. The number of rotatable bonds is 3. The van der Waals surface area contributed by atoms with Crippen LogP contribution >= 0.6 is 11.3 Å². The lowest BCUT2D eigenvalue weighted by molar-refractivity contribution is 0.0774. The molecule has 7 nitrogen and oxygen atoms in total. The Morgan fingerprint density at radius 3 is 3.00 bits per heavy atom. The molecule has 0 spiro atoms. The van der Waals surface area contributed by atoms with Crippen LogP contribution in [0.2, 0.25) is 0 Å². The second kappa shape index (κ2) is 4.35. The summed E-state index contributed by atoms with van der Waals surface area (Å²) in [5.74, 6) is -0.189. The second-order valence-electron chi connectivity index (χ2n) is 3.26. The van der Waals surface area contributed by atoms with Crippen molar-refractivity contribution < 1.29 is 4.79 Å². The molecule has 0 atom stereocenters. The van der Waals surface area contributed by atoms with Gasteiger partial charge in [-0.1, -0.05) is 0 Å². The zero-order valence-electron chi connectivity index (χ0n) is 8.84. The van der Waals surface area contributed by atoms with Crippen LogP contribution in [0.25, 0.3) is 0 Å². The first-order valence-electron chi connectivity index (χ1n) is 4.56. The van der Waals surface area contributed by atoms with Crippen molar-refractivity contribution in [3.05, 3.63) is 21.9 Å². The summed E-state index contributed by atoms with van der Waals surface area (Å²) in [6, 6.07) is 0. The highest BCUT2D eigenvalue weighted by Gasteiger charge is 2.17. The molecule has 0 unspecified atom stereocenters. The summed E-state index contributed by atoms with van der Waals surface area (Å²) in [7, 11) is 1.69. The van der Waals surface area contributed by atoms with Gasteiger partial charge in [-0.05, 0) is 12.1 Å². The summed E-state index contributed by atoms with van der Waals surface area (Å²) < 4.78 is 0. The lowest BCUT2D eigenvalue weighted by atomic mass is 10.3. The third-order valence-corrected chi connectivity index (χ3v) is 3.03. The third kappa shape index (κ3) is 2.06. The molecule has 0 aromatic carbocycles. The maximum atomic E-state index is 11.8. The van der Waals surface area contributed by atoms with Gasteiger partial charge in [0, 0.05) is 11.9 Å². The molecule has 0 aliphatic rings. The molecule has 0 saturated carbocycles. The van der Waals surface area contributed by atoms with Gasteiger partial charge in [-0.25, -0.2) is 4.98 Å². The molecule has 1 N–H and O–H groups in total. The molecule has 2 heterocycles. The average Bonchev–Trinajstić information content (AvgIpc) is 2.89. The van der Waals surface area contributed by atoms with Crippen LogP contribution in [0.3, 0.4) is 0 Å². The minimum atomic E-state index is -0.262. The van der Waals surface area contributed by atoms with Crippen molar-refractivity contribution in [1.82, 2.24) is 30.5 Å². The first-order chi connectivity index (χ1) is 7.68. The lowest BCUT2D eigenvalue weighted by Crippen LogP contribution is -2.27. The van der Waals surface area contributed by atoms with E-state index < -0.39 is 0 Å². The van der Waals surface area contributed by atoms with Crippen LogP contribution in [0, 0.1) is 6.92 Å². The molecule has 2 aromatic rings. The van der Waals surface area contributed by atoms with Crippen LogP contribution in [0.5, 0.6) is 0 Å². The fourth-order valence-corrected chi connectivity index (χ4v) is 2.02. The molecular formula is C8H10N6OS. The van der Waals surface area contributed by atoms with Crippen LogP contribution in [-0.4, -0.2) is 43.5 Å². The molecular weight excluding hydrogens is 228 g/mol. The maximum absolute atomic E-state index is 11.8. The van der Waals surface area contributed by atoms with Gasteiger partial charge in [-0.15, -0.1) is 21.5 Å². The number of hydrogen-bond donors (Lipinski definition) is 1. The number of aromatic nitrogens is 5. The lowest BCUT2D eigenvalue weighted by Gasteiger charge is -2.13. The topological polar surface area (TPSA) is 87.7 Å². The Morgan fingerprint density at radius 2 is 2.44 bits per heavy atom. The molecule has 0 aliphatic heterocycles. The van der Waals surface area contributed by atoms with Crippen molar-refractivity contribution in [2.75, 3.05) is 7.05 Å². The highest BCUT2D eigenvalue weighted by atomic mass is 32.1. The van der Waals surface area contributed by atoms with E-state index in [0.29, 0.717) is 6.54 Å². The van der Waals surface area contributed by atoms with E-state index in [1.807, 2.05) is 6.92 Å². The number of hydrogen-bond acceptors (Lipinski definition) is 6. The van der Waals surface area contributed by atoms with Gasteiger partial charge in [0.25, 0.3) is 11.7 Å². The Kier molecular flexibility index (Phi) is 2.91. The number of aromatic amines is 1. The van der Waals surface area contributed by atoms with Crippen molar-refractivity contribution in [1.29, 1.82) is 0 Å². The van der Waals surface area contributed by atoms with Crippen LogP contribution in [-0.2, 0) is 6.54 Å². The van der Waals surface area contributed by atoms with E-state index >= 15 is 0 Å². The minimum Gasteiger partial charge on any atom is -0.334 e. The quantitative estimate of drug-likeness (QED) is 0.827. The predicted molar refractivity (Wildman–Crippen MR) is 56.8 cm³/mol. The zero-order chi connectivity index (χ0) is 11.5. The summed E-state index contributed by atoms with van der Waals surface area (Å²) >= 11 is 1.52. The highest BCUT2D eigenvalue weighted by Crippen LogP contribution is 2.14. The number of aryl methyl sites for hydroxylation is 1. The molecule has 0 aliphatic carbocycles. The number of amides is 1. The minimum absolute atomic E-state index is 0.0738. The Bertz CT molecular complexity index is 478. The Balaban J connectivity index is 2.07. The van der Waals surface area contributed by atoms with Gasteiger partial charge >= 0.3 is 0 Å². The molecule has 8 heteroatoms. The summed E-state index contributed by atoms with van der Waals surface area (Å²) in [6.07, 6.45) is 0. The summed E-state index contributed by atoms with van der Waals surface area (Å²) in [5, 5.41) is 12.9. The van der Waals surface area contributed by atoms with Gasteiger partial charge in [0.05, 0.1) is 17.7 Å². The normalized spacial score (nSPS) is 10.4. The molecule has 1 amide bonds. The monoisotopic (exact) mass is 238 g/mol. The molecule has 0 saturated heterocycles. The highest BCUT2D eigenvalue weighted by molar-refractivity contribution is 7.09. The van der Waals surface area contributed by atoms with Gasteiger partial charge in [-0.2, -0.15) is 5.21 Å². The maximum Gasteiger partial charge on any atom is 0.295 e. The van der Waals surface area contributed by atoms with E-state index in [4.69, 9.17) is 0 Å². The number of H-pyrrole nitrogens is 1. The fraction of sp³-hybridized carbons (Fsp3) is 0.375. The van der Waals surface area contributed by atoms with Crippen molar-refractivity contribution >= 4 is 17.2 Å². The first kappa shape index (κ1) is 10.7. The van der Waals surface area contributed by atoms with Crippen LogP contribution in [0.15, 0.2) is 5.51 Å². The molecule has 84 valence electrons. The predicted octanol–water partition coefficient (Wildman–Crippen LogP) is 0.237. The summed E-state index contributed by atoms with van der Waals surface area (Å²) in [5.41, 5.74) is 2.70. The van der Waals surface area contributed by atoms with E-state index in [2.05, 4.69) is 25.6 Å². The van der Waals surface area contributed by atoms with Gasteiger partial charge in [0.1, 0.15) is 0 Å². The zero-order valence-corrected chi connectivity index (χ0v) is 9.65. The summed E-state index contributed by atoms with van der Waals surface area (Å²) in [4.78, 5) is 18.5. The fourth-order valence-electron chi connectivity index (χ4n) is 1.19. The average molecular weight is 238 g/mol. The van der Waals surface area contributed by atoms with E-state index in [1.54, 1.807) is 12.6 Å². The van der Waals surface area contributed by atoms with E-state index in [-0.39, 0.29) is 11.7 Å².